The van der Waals surface area contributed by atoms with Crippen LogP contribution in [0.25, 0.3) is 5.69 Å². The van der Waals surface area contributed by atoms with Crippen LogP contribution in [0.1, 0.15) is 42.5 Å². The zero-order valence-electron chi connectivity index (χ0n) is 13.2. The van der Waals surface area contributed by atoms with E-state index in [1.165, 1.54) is 17.4 Å². The van der Waals surface area contributed by atoms with Crippen LogP contribution < -0.4 is 5.32 Å². The fourth-order valence-corrected chi connectivity index (χ4v) is 2.84. The van der Waals surface area contributed by atoms with Gasteiger partial charge in [-0.05, 0) is 35.4 Å². The van der Waals surface area contributed by atoms with Gasteiger partial charge in [0.25, 0.3) is 5.91 Å². The van der Waals surface area contributed by atoms with Gasteiger partial charge in [0.15, 0.2) is 6.61 Å². The number of hydrogen-bond acceptors (Lipinski definition) is 6. The molecule has 1 aromatic heterocycles. The lowest BCUT2D eigenvalue weighted by Gasteiger charge is -2.22. The topological polar surface area (TPSA) is 99.0 Å². The van der Waals surface area contributed by atoms with Gasteiger partial charge in [-0.1, -0.05) is 31.4 Å². The van der Waals surface area contributed by atoms with Crippen LogP contribution in [0.15, 0.2) is 30.6 Å². The Bertz CT molecular complexity index is 695. The molecule has 0 unspecified atom stereocenters. The number of esters is 1. The molecule has 0 saturated heterocycles. The maximum atomic E-state index is 12.3. The maximum Gasteiger partial charge on any atom is 0.340 e. The number of tetrazole rings is 1. The molecule has 24 heavy (non-hydrogen) atoms. The fourth-order valence-electron chi connectivity index (χ4n) is 2.84. The first-order valence-electron chi connectivity index (χ1n) is 8.03. The van der Waals surface area contributed by atoms with Gasteiger partial charge >= 0.3 is 5.97 Å². The Morgan fingerprint density at radius 1 is 1.21 bits per heavy atom. The molecule has 1 fully saturated rings. The number of nitrogens with one attached hydrogen (secondary N) is 1. The van der Waals surface area contributed by atoms with Crippen molar-refractivity contribution < 1.29 is 14.3 Å². The number of rotatable bonds is 5. The lowest BCUT2D eigenvalue weighted by molar-refractivity contribution is -0.125. The minimum absolute atomic E-state index is 0.193. The van der Waals surface area contributed by atoms with E-state index in [4.69, 9.17) is 4.74 Å². The van der Waals surface area contributed by atoms with Gasteiger partial charge in [-0.2, -0.15) is 4.68 Å². The lowest BCUT2D eigenvalue weighted by Crippen LogP contribution is -2.38. The van der Waals surface area contributed by atoms with Crippen LogP contribution >= 0.6 is 0 Å². The summed E-state index contributed by atoms with van der Waals surface area (Å²) in [7, 11) is 0. The van der Waals surface area contributed by atoms with Crippen LogP contribution in [-0.2, 0) is 9.53 Å². The molecule has 1 heterocycles. The summed E-state index contributed by atoms with van der Waals surface area (Å²) in [6.07, 6.45) is 6.84. The standard InChI is InChI=1S/C16H19N5O3/c22-15(18-12-6-2-1-3-7-12)10-24-16(23)13-8-4-5-9-14(13)21-11-17-19-20-21/h4-5,8-9,11-12H,1-3,6-7,10H2,(H,18,22). The molecule has 0 spiro atoms. The molecule has 1 aliphatic carbocycles. The third-order valence-electron chi connectivity index (χ3n) is 4.02. The second-order valence-corrected chi connectivity index (χ2v) is 5.75. The van der Waals surface area contributed by atoms with Crippen LogP contribution in [0.5, 0.6) is 0 Å². The van der Waals surface area contributed by atoms with Gasteiger partial charge in [0, 0.05) is 6.04 Å². The Hall–Kier alpha value is -2.77. The molecule has 2 aromatic rings. The Morgan fingerprint density at radius 2 is 2.00 bits per heavy atom. The molecule has 0 radical (unpaired) electrons. The molecule has 3 rings (SSSR count). The van der Waals surface area contributed by atoms with E-state index < -0.39 is 5.97 Å². The predicted molar refractivity (Wildman–Crippen MR) is 84.5 cm³/mol. The van der Waals surface area contributed by atoms with Crippen LogP contribution in [-0.4, -0.2) is 44.7 Å². The molecule has 1 aromatic carbocycles. The van der Waals surface area contributed by atoms with E-state index in [9.17, 15) is 9.59 Å². The summed E-state index contributed by atoms with van der Waals surface area (Å²) >= 11 is 0. The first-order valence-corrected chi connectivity index (χ1v) is 8.03. The van der Waals surface area contributed by atoms with E-state index in [0.29, 0.717) is 11.3 Å². The molecule has 8 heteroatoms. The Kier molecular flexibility index (Phi) is 5.15. The minimum Gasteiger partial charge on any atom is -0.452 e. The molecule has 1 saturated carbocycles. The summed E-state index contributed by atoms with van der Waals surface area (Å²) in [6.45, 7) is -0.292. The maximum absolute atomic E-state index is 12.3. The highest BCUT2D eigenvalue weighted by Gasteiger charge is 2.19. The zero-order valence-corrected chi connectivity index (χ0v) is 13.2. The monoisotopic (exact) mass is 329 g/mol. The van der Waals surface area contributed by atoms with E-state index in [1.807, 2.05) is 0 Å². The summed E-state index contributed by atoms with van der Waals surface area (Å²) in [5.74, 6) is -0.852. The van der Waals surface area contributed by atoms with Crippen molar-refractivity contribution in [3.05, 3.63) is 36.2 Å². The van der Waals surface area contributed by atoms with Crippen molar-refractivity contribution >= 4 is 11.9 Å². The van der Waals surface area contributed by atoms with Gasteiger partial charge in [0.05, 0.1) is 11.3 Å². The van der Waals surface area contributed by atoms with Crippen molar-refractivity contribution in [2.45, 2.75) is 38.1 Å². The summed E-state index contributed by atoms with van der Waals surface area (Å²) in [5.41, 5.74) is 0.801. The SMILES string of the molecule is O=C(COC(=O)c1ccccc1-n1cnnn1)NC1CCCCC1. The number of ether oxygens (including phenoxy) is 1. The number of benzene rings is 1. The van der Waals surface area contributed by atoms with E-state index in [2.05, 4.69) is 20.8 Å². The largest absolute Gasteiger partial charge is 0.452 e. The highest BCUT2D eigenvalue weighted by atomic mass is 16.5. The number of carbonyl (C=O) groups is 2. The van der Waals surface area contributed by atoms with E-state index in [0.717, 1.165) is 25.7 Å². The number of aromatic nitrogens is 4. The van der Waals surface area contributed by atoms with Crippen molar-refractivity contribution in [3.8, 4) is 5.69 Å². The highest BCUT2D eigenvalue weighted by Crippen LogP contribution is 2.17. The van der Waals surface area contributed by atoms with Crippen LogP contribution in [0.2, 0.25) is 0 Å². The first kappa shape index (κ1) is 16.1. The Balaban J connectivity index is 1.58. The third kappa shape index (κ3) is 3.95. The van der Waals surface area contributed by atoms with Crippen molar-refractivity contribution in [3.63, 3.8) is 0 Å². The van der Waals surface area contributed by atoms with Gasteiger partial charge in [-0.15, -0.1) is 5.10 Å². The van der Waals surface area contributed by atoms with Gasteiger partial charge < -0.3 is 10.1 Å². The molecular formula is C16H19N5O3. The first-order chi connectivity index (χ1) is 11.7. The number of hydrogen-bond donors (Lipinski definition) is 1. The number of para-hydroxylation sites is 1. The van der Waals surface area contributed by atoms with E-state index in [-0.39, 0.29) is 18.6 Å². The predicted octanol–water partition coefficient (Wildman–Crippen LogP) is 1.27. The molecule has 1 amide bonds. The number of nitrogens with zero attached hydrogens (tertiary/aromatic N) is 4. The van der Waals surface area contributed by atoms with Gasteiger partial charge in [0.1, 0.15) is 6.33 Å². The van der Waals surface area contributed by atoms with E-state index in [1.54, 1.807) is 24.3 Å². The number of amides is 1. The van der Waals surface area contributed by atoms with E-state index >= 15 is 0 Å². The van der Waals surface area contributed by atoms with Crippen molar-refractivity contribution in [2.75, 3.05) is 6.61 Å². The average Bonchev–Trinajstić information content (AvgIpc) is 3.15. The molecule has 0 bridgehead atoms. The molecular weight excluding hydrogens is 310 g/mol. The molecule has 1 aliphatic rings. The molecule has 8 nitrogen and oxygen atoms in total. The molecule has 126 valence electrons. The van der Waals surface area contributed by atoms with Crippen molar-refractivity contribution in [1.82, 2.24) is 25.5 Å². The Labute approximate surface area is 139 Å². The van der Waals surface area contributed by atoms with Gasteiger partial charge in [-0.3, -0.25) is 4.79 Å². The summed E-state index contributed by atoms with van der Waals surface area (Å²) in [5, 5.41) is 13.8. The third-order valence-corrected chi connectivity index (χ3v) is 4.02. The Morgan fingerprint density at radius 3 is 2.75 bits per heavy atom. The van der Waals surface area contributed by atoms with Crippen LogP contribution in [0.3, 0.4) is 0 Å². The van der Waals surface area contributed by atoms with Crippen molar-refractivity contribution in [1.29, 1.82) is 0 Å². The van der Waals surface area contributed by atoms with Crippen LogP contribution in [0.4, 0.5) is 0 Å². The smallest absolute Gasteiger partial charge is 0.340 e. The minimum atomic E-state index is -0.583. The second kappa shape index (κ2) is 7.67. The lowest BCUT2D eigenvalue weighted by atomic mass is 9.95. The normalized spacial score (nSPS) is 15.0. The van der Waals surface area contributed by atoms with Gasteiger partial charge in [-0.25, -0.2) is 4.79 Å². The summed E-state index contributed by atoms with van der Waals surface area (Å²) in [4.78, 5) is 24.2. The van der Waals surface area contributed by atoms with Gasteiger partial charge in [0.2, 0.25) is 0 Å². The summed E-state index contributed by atoms with van der Waals surface area (Å²) < 4.78 is 6.51. The summed E-state index contributed by atoms with van der Waals surface area (Å²) in [6, 6.07) is 6.99. The highest BCUT2D eigenvalue weighted by molar-refractivity contribution is 5.94. The zero-order chi connectivity index (χ0) is 16.8. The quantitative estimate of drug-likeness (QED) is 0.829. The second-order valence-electron chi connectivity index (χ2n) is 5.75. The number of carbonyl (C=O) groups excluding carboxylic acids is 2. The average molecular weight is 329 g/mol. The van der Waals surface area contributed by atoms with Crippen molar-refractivity contribution in [2.24, 2.45) is 0 Å². The molecule has 0 aliphatic heterocycles. The molecule has 1 N–H and O–H groups in total. The van der Waals surface area contributed by atoms with Crippen LogP contribution in [0, 0.1) is 0 Å². The fraction of sp³-hybridized carbons (Fsp3) is 0.438. The molecule has 0 atom stereocenters.